The molecule has 1 aliphatic carbocycles. The highest BCUT2D eigenvalue weighted by Crippen LogP contribution is 2.38. The zero-order valence-corrected chi connectivity index (χ0v) is 14.4. The summed E-state index contributed by atoms with van der Waals surface area (Å²) >= 11 is 0. The first-order valence-electron chi connectivity index (χ1n) is 8.69. The molecule has 5 rings (SSSR count). The van der Waals surface area contributed by atoms with Crippen molar-refractivity contribution in [3.05, 3.63) is 35.8 Å². The second kappa shape index (κ2) is 5.37. The molecule has 0 aromatic carbocycles. The summed E-state index contributed by atoms with van der Waals surface area (Å²) < 4.78 is 1.79. The number of fused-ring (bicyclic) bond motifs is 1. The number of aromatic nitrogens is 6. The summed E-state index contributed by atoms with van der Waals surface area (Å²) in [7, 11) is 2.09. The van der Waals surface area contributed by atoms with Crippen LogP contribution in [-0.4, -0.2) is 56.2 Å². The van der Waals surface area contributed by atoms with Crippen LogP contribution in [0.4, 0.5) is 11.6 Å². The molecule has 25 heavy (non-hydrogen) atoms. The Hall–Kier alpha value is -2.77. The van der Waals surface area contributed by atoms with Crippen LogP contribution >= 0.6 is 0 Å². The smallest absolute Gasteiger partial charge is 0.178 e. The van der Waals surface area contributed by atoms with Crippen LogP contribution in [0.5, 0.6) is 0 Å². The van der Waals surface area contributed by atoms with E-state index in [0.29, 0.717) is 12.0 Å². The molecule has 4 heterocycles. The molecule has 2 aliphatic rings. The van der Waals surface area contributed by atoms with Gasteiger partial charge in [0.05, 0.1) is 11.7 Å². The lowest BCUT2D eigenvalue weighted by atomic mass is 10.1. The highest BCUT2D eigenvalue weighted by atomic mass is 15.4. The maximum absolute atomic E-state index is 4.63. The Labute approximate surface area is 145 Å². The van der Waals surface area contributed by atoms with Crippen LogP contribution in [0.1, 0.15) is 30.3 Å². The molecule has 1 saturated carbocycles. The highest BCUT2D eigenvalue weighted by Gasteiger charge is 2.32. The average molecular weight is 336 g/mol. The number of nitrogens with zero attached hydrogens (tertiary/aromatic N) is 8. The first kappa shape index (κ1) is 14.6. The predicted octanol–water partition coefficient (Wildman–Crippen LogP) is 1.43. The Bertz CT molecular complexity index is 908. The highest BCUT2D eigenvalue weighted by molar-refractivity contribution is 5.50. The van der Waals surface area contributed by atoms with Crippen LogP contribution < -0.4 is 9.80 Å². The van der Waals surface area contributed by atoms with Crippen molar-refractivity contribution in [1.82, 2.24) is 30.0 Å². The third kappa shape index (κ3) is 2.48. The van der Waals surface area contributed by atoms with Crippen molar-refractivity contribution in [3.8, 4) is 0 Å². The molecule has 8 heteroatoms. The van der Waals surface area contributed by atoms with Crippen molar-refractivity contribution in [3.63, 3.8) is 0 Å². The lowest BCUT2D eigenvalue weighted by Crippen LogP contribution is -2.59. The minimum absolute atomic E-state index is 0.417. The summed E-state index contributed by atoms with van der Waals surface area (Å²) in [5, 5.41) is 21.6. The van der Waals surface area contributed by atoms with Gasteiger partial charge >= 0.3 is 0 Å². The van der Waals surface area contributed by atoms with Gasteiger partial charge < -0.3 is 9.80 Å². The van der Waals surface area contributed by atoms with Gasteiger partial charge in [0.25, 0.3) is 0 Å². The van der Waals surface area contributed by atoms with Crippen LogP contribution in [0.2, 0.25) is 0 Å². The molecule has 0 radical (unpaired) electrons. The van der Waals surface area contributed by atoms with E-state index in [0.717, 1.165) is 41.9 Å². The molecule has 0 bridgehead atoms. The van der Waals surface area contributed by atoms with Crippen molar-refractivity contribution in [2.75, 3.05) is 29.9 Å². The topological polar surface area (TPSA) is 75.3 Å². The predicted molar refractivity (Wildman–Crippen MR) is 93.9 cm³/mol. The van der Waals surface area contributed by atoms with Crippen LogP contribution in [0.15, 0.2) is 24.3 Å². The molecule has 0 atom stereocenters. The van der Waals surface area contributed by atoms with Gasteiger partial charge in [-0.15, -0.1) is 20.4 Å². The van der Waals surface area contributed by atoms with Crippen molar-refractivity contribution >= 4 is 17.3 Å². The third-order valence-corrected chi connectivity index (χ3v) is 5.17. The van der Waals surface area contributed by atoms with Gasteiger partial charge in [0, 0.05) is 26.1 Å². The zero-order chi connectivity index (χ0) is 17.0. The van der Waals surface area contributed by atoms with E-state index in [1.807, 2.05) is 19.1 Å². The fraction of sp³-hybridized carbons (Fsp3) is 0.471. The van der Waals surface area contributed by atoms with Gasteiger partial charge in [0.2, 0.25) is 0 Å². The SMILES string of the molecule is Cc1nnc2ccc(N3CC(N(C)c4ccc(C5CC5)nn4)C3)nn12. The maximum Gasteiger partial charge on any atom is 0.178 e. The first-order chi connectivity index (χ1) is 12.2. The molecule has 0 amide bonds. The van der Waals surface area contributed by atoms with Crippen LogP contribution in [0.3, 0.4) is 0 Å². The quantitative estimate of drug-likeness (QED) is 0.713. The third-order valence-electron chi connectivity index (χ3n) is 5.17. The minimum atomic E-state index is 0.417. The fourth-order valence-corrected chi connectivity index (χ4v) is 3.25. The first-order valence-corrected chi connectivity index (χ1v) is 8.69. The standard InChI is InChI=1S/C17H20N8/c1-11-18-21-16-7-8-17(22-25(11)16)24-9-13(10-24)23(2)15-6-5-14(19-20-15)12-3-4-12/h5-8,12-13H,3-4,9-10H2,1-2H3. The van der Waals surface area contributed by atoms with E-state index in [4.69, 9.17) is 0 Å². The van der Waals surface area contributed by atoms with Crippen molar-refractivity contribution in [1.29, 1.82) is 0 Å². The molecule has 128 valence electrons. The molecule has 3 aromatic rings. The van der Waals surface area contributed by atoms with Crippen molar-refractivity contribution in [2.24, 2.45) is 0 Å². The van der Waals surface area contributed by atoms with Crippen LogP contribution in [0.25, 0.3) is 5.65 Å². The van der Waals surface area contributed by atoms with Crippen molar-refractivity contribution in [2.45, 2.75) is 31.7 Å². The minimum Gasteiger partial charge on any atom is -0.352 e. The Morgan fingerprint density at radius 1 is 1.00 bits per heavy atom. The summed E-state index contributed by atoms with van der Waals surface area (Å²) in [4.78, 5) is 4.47. The number of likely N-dealkylation sites (N-methyl/N-ethyl adjacent to an activating group) is 1. The number of rotatable bonds is 4. The Kier molecular flexibility index (Phi) is 3.13. The number of hydrogen-bond donors (Lipinski definition) is 0. The monoisotopic (exact) mass is 336 g/mol. The molecule has 2 fully saturated rings. The number of aryl methyl sites for hydroxylation is 1. The molecule has 1 aliphatic heterocycles. The maximum atomic E-state index is 4.63. The van der Waals surface area contributed by atoms with Crippen LogP contribution in [-0.2, 0) is 0 Å². The number of anilines is 2. The van der Waals surface area contributed by atoms with E-state index < -0.39 is 0 Å². The van der Waals surface area contributed by atoms with E-state index >= 15 is 0 Å². The zero-order valence-electron chi connectivity index (χ0n) is 14.4. The Morgan fingerprint density at radius 2 is 1.84 bits per heavy atom. The second-order valence-electron chi connectivity index (χ2n) is 6.97. The molecular weight excluding hydrogens is 316 g/mol. The molecule has 8 nitrogen and oxygen atoms in total. The summed E-state index contributed by atoms with van der Waals surface area (Å²) in [6.45, 7) is 3.75. The molecule has 3 aromatic heterocycles. The summed E-state index contributed by atoms with van der Waals surface area (Å²) in [6, 6.07) is 8.59. The summed E-state index contributed by atoms with van der Waals surface area (Å²) in [5.74, 6) is 3.34. The fourth-order valence-electron chi connectivity index (χ4n) is 3.25. The molecular formula is C17H20N8. The van der Waals surface area contributed by atoms with Gasteiger partial charge in [-0.05, 0) is 44.0 Å². The Balaban J connectivity index is 1.27. The van der Waals surface area contributed by atoms with Gasteiger partial charge in [0.1, 0.15) is 5.82 Å². The lowest BCUT2D eigenvalue weighted by molar-refractivity contribution is 0.485. The average Bonchev–Trinajstić information content (AvgIpc) is 3.38. The largest absolute Gasteiger partial charge is 0.352 e. The summed E-state index contributed by atoms with van der Waals surface area (Å²) in [5.41, 5.74) is 1.91. The van der Waals surface area contributed by atoms with Gasteiger partial charge in [-0.2, -0.15) is 9.61 Å². The summed E-state index contributed by atoms with van der Waals surface area (Å²) in [6.07, 6.45) is 2.51. The molecule has 0 unspecified atom stereocenters. The van der Waals surface area contributed by atoms with E-state index in [1.54, 1.807) is 4.52 Å². The van der Waals surface area contributed by atoms with E-state index in [-0.39, 0.29) is 0 Å². The lowest BCUT2D eigenvalue weighted by Gasteiger charge is -2.44. The normalized spacial score (nSPS) is 17.8. The molecule has 0 N–H and O–H groups in total. The Morgan fingerprint density at radius 3 is 2.56 bits per heavy atom. The van der Waals surface area contributed by atoms with E-state index in [2.05, 4.69) is 54.5 Å². The number of hydrogen-bond acceptors (Lipinski definition) is 7. The van der Waals surface area contributed by atoms with Gasteiger partial charge in [-0.1, -0.05) is 0 Å². The van der Waals surface area contributed by atoms with Crippen LogP contribution in [0, 0.1) is 6.92 Å². The van der Waals surface area contributed by atoms with Crippen molar-refractivity contribution < 1.29 is 0 Å². The van der Waals surface area contributed by atoms with Gasteiger partial charge in [-0.25, -0.2) is 0 Å². The molecule has 1 saturated heterocycles. The van der Waals surface area contributed by atoms with Gasteiger partial charge in [0.15, 0.2) is 17.3 Å². The second-order valence-corrected chi connectivity index (χ2v) is 6.97. The van der Waals surface area contributed by atoms with E-state index in [1.165, 1.54) is 12.8 Å². The van der Waals surface area contributed by atoms with Gasteiger partial charge in [-0.3, -0.25) is 0 Å². The molecule has 0 spiro atoms. The van der Waals surface area contributed by atoms with E-state index in [9.17, 15) is 0 Å².